The number of rotatable bonds is 7. The first-order valence-corrected chi connectivity index (χ1v) is 12.5. The second-order valence-corrected chi connectivity index (χ2v) is 9.48. The third kappa shape index (κ3) is 5.51. The molecular weight excluding hydrogens is 500 g/mol. The molecule has 0 unspecified atom stereocenters. The summed E-state index contributed by atoms with van der Waals surface area (Å²) < 4.78 is 41.6. The minimum atomic E-state index is -1.39. The molecule has 3 fully saturated rings. The third-order valence-corrected chi connectivity index (χ3v) is 6.99. The van der Waals surface area contributed by atoms with Gasteiger partial charge in [-0.15, -0.1) is 0 Å². The van der Waals surface area contributed by atoms with Crippen LogP contribution in [-0.4, -0.2) is 96.9 Å². The van der Waals surface area contributed by atoms with Crippen molar-refractivity contribution < 1.29 is 48.5 Å². The second kappa shape index (κ2) is 11.8. The van der Waals surface area contributed by atoms with Crippen LogP contribution in [0.2, 0.25) is 0 Å². The van der Waals surface area contributed by atoms with Gasteiger partial charge in [-0.3, -0.25) is 0 Å². The summed E-state index contributed by atoms with van der Waals surface area (Å²) in [5.74, 6) is 1.16. The average molecular weight is 535 g/mol. The van der Waals surface area contributed by atoms with E-state index in [1.165, 1.54) is 0 Å². The maximum Gasteiger partial charge on any atom is 0.218 e. The Morgan fingerprint density at radius 1 is 0.868 bits per heavy atom. The van der Waals surface area contributed by atoms with Gasteiger partial charge in [-0.25, -0.2) is 0 Å². The van der Waals surface area contributed by atoms with Gasteiger partial charge in [0.15, 0.2) is 12.6 Å². The number of aliphatic hydroxyl groups is 3. The van der Waals surface area contributed by atoms with E-state index in [2.05, 4.69) is 0 Å². The molecule has 12 heteroatoms. The van der Waals surface area contributed by atoms with E-state index in [1.54, 1.807) is 31.4 Å². The first kappa shape index (κ1) is 27.2. The fourth-order valence-electron chi connectivity index (χ4n) is 4.82. The van der Waals surface area contributed by atoms with Crippen LogP contribution in [0.1, 0.15) is 11.9 Å². The van der Waals surface area contributed by atoms with Gasteiger partial charge in [0.05, 0.1) is 32.4 Å². The summed E-state index contributed by atoms with van der Waals surface area (Å²) in [6.07, 6.45) is -8.94. The number of ether oxygens (including phenoxy) is 7. The highest BCUT2D eigenvalue weighted by molar-refractivity contribution is 5.31. The quantitative estimate of drug-likeness (QED) is 0.305. The molecule has 0 aromatic heterocycles. The summed E-state index contributed by atoms with van der Waals surface area (Å²) in [5, 5.41) is 30.3. The zero-order valence-corrected chi connectivity index (χ0v) is 20.8. The van der Waals surface area contributed by atoms with E-state index in [0.29, 0.717) is 11.5 Å². The van der Waals surface area contributed by atoms with Crippen molar-refractivity contribution in [1.82, 2.24) is 0 Å². The fourth-order valence-corrected chi connectivity index (χ4v) is 4.82. The monoisotopic (exact) mass is 534 g/mol. The van der Waals surface area contributed by atoms with Crippen LogP contribution in [0, 0.1) is 0 Å². The Labute approximate surface area is 219 Å². The number of fused-ring (bicyclic) bond motifs is 1. The van der Waals surface area contributed by atoms with Crippen LogP contribution in [0.15, 0.2) is 54.6 Å². The highest BCUT2D eigenvalue weighted by Gasteiger charge is 2.53. The molecule has 0 radical (unpaired) electrons. The Kier molecular flexibility index (Phi) is 8.45. The van der Waals surface area contributed by atoms with Crippen LogP contribution in [0.5, 0.6) is 11.5 Å². The smallest absolute Gasteiger partial charge is 0.218 e. The molecular formula is C26H34N2O10. The molecule has 3 aliphatic rings. The van der Waals surface area contributed by atoms with Gasteiger partial charge < -0.3 is 59.9 Å². The van der Waals surface area contributed by atoms with Crippen molar-refractivity contribution in [2.24, 2.45) is 11.5 Å². The molecule has 208 valence electrons. The molecule has 0 amide bonds. The van der Waals surface area contributed by atoms with Crippen LogP contribution in [-0.2, 0) is 23.7 Å². The van der Waals surface area contributed by atoms with Crippen LogP contribution in [0.4, 0.5) is 0 Å². The van der Waals surface area contributed by atoms with Crippen molar-refractivity contribution in [3.05, 3.63) is 60.2 Å². The molecule has 0 spiro atoms. The Hall–Kier alpha value is -2.36. The van der Waals surface area contributed by atoms with Gasteiger partial charge in [-0.05, 0) is 24.3 Å². The summed E-state index contributed by atoms with van der Waals surface area (Å²) in [5.41, 5.74) is 13.6. The highest BCUT2D eigenvalue weighted by Crippen LogP contribution is 2.37. The van der Waals surface area contributed by atoms with E-state index in [-0.39, 0.29) is 6.61 Å². The first-order valence-electron chi connectivity index (χ1n) is 12.5. The van der Waals surface area contributed by atoms with Gasteiger partial charge >= 0.3 is 0 Å². The van der Waals surface area contributed by atoms with Gasteiger partial charge in [0, 0.05) is 5.56 Å². The number of hydrogen-bond donors (Lipinski definition) is 5. The summed E-state index contributed by atoms with van der Waals surface area (Å²) in [6.45, 7) is -0.377. The van der Waals surface area contributed by atoms with Crippen LogP contribution in [0.25, 0.3) is 0 Å². The minimum Gasteiger partial charge on any atom is -0.497 e. The third-order valence-electron chi connectivity index (χ3n) is 6.99. The van der Waals surface area contributed by atoms with E-state index in [0.717, 1.165) is 5.56 Å². The molecule has 0 aliphatic carbocycles. The maximum absolute atomic E-state index is 10.4. The first-order chi connectivity index (χ1) is 18.4. The molecule has 11 atom stereocenters. The van der Waals surface area contributed by atoms with Crippen molar-refractivity contribution in [3.63, 3.8) is 0 Å². The van der Waals surface area contributed by atoms with Crippen molar-refractivity contribution in [2.45, 2.75) is 67.6 Å². The summed E-state index contributed by atoms with van der Waals surface area (Å²) >= 11 is 0. The molecule has 2 aromatic rings. The lowest BCUT2D eigenvalue weighted by atomic mass is 9.94. The van der Waals surface area contributed by atoms with Gasteiger partial charge in [-0.2, -0.15) is 0 Å². The Balaban J connectivity index is 1.39. The predicted octanol–water partition coefficient (Wildman–Crippen LogP) is -0.608. The number of nitrogens with two attached hydrogens (primary N) is 2. The molecule has 7 N–H and O–H groups in total. The molecule has 0 bridgehead atoms. The van der Waals surface area contributed by atoms with E-state index in [4.69, 9.17) is 44.6 Å². The Morgan fingerprint density at radius 2 is 1.58 bits per heavy atom. The van der Waals surface area contributed by atoms with E-state index >= 15 is 0 Å². The highest BCUT2D eigenvalue weighted by atomic mass is 16.8. The van der Waals surface area contributed by atoms with Gasteiger partial charge in [0.25, 0.3) is 0 Å². The standard InChI is InChI=1S/C26H34N2O10/c1-32-14-7-9-15(10-8-14)34-26-19(28)23(38-25-18(27)21(31)20(30)16(11-29)35-25)22-17(36-26)12-33-24(37-22)13-5-3-2-4-6-13/h2-10,16-26,29-31H,11-12,27-28H2,1H3/t16-,17-,18-,19-,20-,21-,22-,23-,24-,25+,26-/m1/s1. The largest absolute Gasteiger partial charge is 0.497 e. The average Bonchev–Trinajstić information content (AvgIpc) is 2.95. The lowest BCUT2D eigenvalue weighted by molar-refractivity contribution is -0.360. The molecule has 12 nitrogen and oxygen atoms in total. The normalized spacial score (nSPS) is 39.3. The lowest BCUT2D eigenvalue weighted by Crippen LogP contribution is -2.69. The van der Waals surface area contributed by atoms with E-state index in [1.807, 2.05) is 30.3 Å². The van der Waals surface area contributed by atoms with Crippen LogP contribution < -0.4 is 20.9 Å². The maximum atomic E-state index is 10.4. The minimum absolute atomic E-state index is 0.164. The number of benzene rings is 2. The van der Waals surface area contributed by atoms with Crippen LogP contribution >= 0.6 is 0 Å². The summed E-state index contributed by atoms with van der Waals surface area (Å²) in [6, 6.07) is 14.3. The van der Waals surface area contributed by atoms with E-state index < -0.39 is 74.2 Å². The number of hydrogen-bond acceptors (Lipinski definition) is 12. The summed E-state index contributed by atoms with van der Waals surface area (Å²) in [4.78, 5) is 0. The number of aliphatic hydroxyl groups excluding tert-OH is 3. The molecule has 3 heterocycles. The zero-order valence-electron chi connectivity index (χ0n) is 20.8. The Morgan fingerprint density at radius 3 is 2.26 bits per heavy atom. The van der Waals surface area contributed by atoms with Crippen LogP contribution in [0.3, 0.4) is 0 Å². The predicted molar refractivity (Wildman–Crippen MR) is 131 cm³/mol. The van der Waals surface area contributed by atoms with Gasteiger partial charge in [-0.1, -0.05) is 30.3 Å². The van der Waals surface area contributed by atoms with Crippen molar-refractivity contribution in [3.8, 4) is 11.5 Å². The van der Waals surface area contributed by atoms with E-state index in [9.17, 15) is 15.3 Å². The van der Waals surface area contributed by atoms with Crippen molar-refractivity contribution in [1.29, 1.82) is 0 Å². The molecule has 0 saturated carbocycles. The lowest BCUT2D eigenvalue weighted by Gasteiger charge is -2.50. The molecule has 38 heavy (non-hydrogen) atoms. The molecule has 5 rings (SSSR count). The summed E-state index contributed by atoms with van der Waals surface area (Å²) in [7, 11) is 1.57. The van der Waals surface area contributed by atoms with Gasteiger partial charge in [0.2, 0.25) is 6.29 Å². The molecule has 2 aromatic carbocycles. The Bertz CT molecular complexity index is 1030. The fraction of sp³-hybridized carbons (Fsp3) is 0.538. The zero-order chi connectivity index (χ0) is 26.8. The van der Waals surface area contributed by atoms with Crippen molar-refractivity contribution in [2.75, 3.05) is 20.3 Å². The SMILES string of the molecule is COc1ccc(O[C@@H]2O[C@@H]3CO[C@@H](c4ccccc4)O[C@H]3[C@H](O[C@@H]3O[C@H](CO)[C@@H](O)[C@H](O)[C@H]3N)[C@H]2N)cc1. The second-order valence-electron chi connectivity index (χ2n) is 9.48. The molecule has 3 saturated heterocycles. The molecule has 3 aliphatic heterocycles. The number of methoxy groups -OCH3 is 1. The van der Waals surface area contributed by atoms with Gasteiger partial charge in [0.1, 0.15) is 48.1 Å². The topological polar surface area (TPSA) is 177 Å². The van der Waals surface area contributed by atoms with Crippen molar-refractivity contribution >= 4 is 0 Å².